The van der Waals surface area contributed by atoms with Crippen LogP contribution in [0.3, 0.4) is 0 Å². The molecule has 0 radical (unpaired) electrons. The highest BCUT2D eigenvalue weighted by Crippen LogP contribution is 2.29. The molecule has 1 aromatic carbocycles. The molecule has 2 rings (SSSR count). The molecule has 20 heavy (non-hydrogen) atoms. The molecule has 1 heterocycles. The minimum Gasteiger partial charge on any atom is -0.394 e. The van der Waals surface area contributed by atoms with Gasteiger partial charge >= 0.3 is 0 Å². The Kier molecular flexibility index (Phi) is 3.97. The van der Waals surface area contributed by atoms with Gasteiger partial charge in [0.1, 0.15) is 11.6 Å². The minimum absolute atomic E-state index is 0.182. The summed E-state index contributed by atoms with van der Waals surface area (Å²) in [6.07, 6.45) is 0. The zero-order chi connectivity index (χ0) is 14.9. The fraction of sp³-hybridized carbons (Fsp3) is 0.400. The highest BCUT2D eigenvalue weighted by atomic mass is 19.1. The van der Waals surface area contributed by atoms with Gasteiger partial charge in [-0.25, -0.2) is 9.07 Å². The molecular formula is C15H21FN4. The Morgan fingerprint density at radius 1 is 1.25 bits per heavy atom. The summed E-state index contributed by atoms with van der Waals surface area (Å²) in [6.45, 7) is 7.84. The van der Waals surface area contributed by atoms with Crippen LogP contribution in [0, 0.1) is 12.7 Å². The molecule has 0 amide bonds. The van der Waals surface area contributed by atoms with Crippen LogP contribution in [0.1, 0.15) is 44.1 Å². The highest BCUT2D eigenvalue weighted by Gasteiger charge is 2.18. The minimum atomic E-state index is -0.224. The number of hydrogen-bond donors (Lipinski definition) is 2. The van der Waals surface area contributed by atoms with E-state index < -0.39 is 0 Å². The molecule has 3 N–H and O–H groups in total. The van der Waals surface area contributed by atoms with Crippen molar-refractivity contribution in [3.05, 3.63) is 41.3 Å². The highest BCUT2D eigenvalue weighted by molar-refractivity contribution is 5.65. The first-order valence-electron chi connectivity index (χ1n) is 6.77. The van der Waals surface area contributed by atoms with Crippen molar-refractivity contribution < 1.29 is 4.39 Å². The van der Waals surface area contributed by atoms with E-state index in [1.165, 1.54) is 6.07 Å². The number of nitrogen functional groups attached to an aromatic ring is 1. The Balaban J connectivity index is 2.33. The lowest BCUT2D eigenvalue weighted by Crippen LogP contribution is -2.15. The van der Waals surface area contributed by atoms with E-state index in [0.717, 1.165) is 11.5 Å². The van der Waals surface area contributed by atoms with Gasteiger partial charge in [-0.05, 0) is 33.8 Å². The zero-order valence-corrected chi connectivity index (χ0v) is 12.3. The summed E-state index contributed by atoms with van der Waals surface area (Å²) < 4.78 is 15.6. The first kappa shape index (κ1) is 14.4. The number of hydrogen-bond acceptors (Lipinski definition) is 3. The first-order valence-corrected chi connectivity index (χ1v) is 6.77. The molecular weight excluding hydrogens is 255 g/mol. The maximum Gasteiger partial charge on any atom is 0.148 e. The second-order valence-corrected chi connectivity index (χ2v) is 5.27. The molecule has 2 aromatic rings. The normalized spacial score (nSPS) is 12.7. The molecule has 0 saturated carbocycles. The van der Waals surface area contributed by atoms with Gasteiger partial charge in [-0.2, -0.15) is 5.10 Å². The number of nitrogens with one attached hydrogen (secondary N) is 1. The van der Waals surface area contributed by atoms with E-state index in [0.29, 0.717) is 11.3 Å². The molecule has 0 aliphatic carbocycles. The molecule has 1 atom stereocenters. The van der Waals surface area contributed by atoms with Crippen LogP contribution in [0.25, 0.3) is 0 Å². The third-order valence-electron chi connectivity index (χ3n) is 3.35. The van der Waals surface area contributed by atoms with Crippen LogP contribution in [0.2, 0.25) is 0 Å². The molecule has 108 valence electrons. The Hall–Kier alpha value is -2.04. The lowest BCUT2D eigenvalue weighted by Gasteiger charge is -2.19. The number of anilines is 2. The van der Waals surface area contributed by atoms with Gasteiger partial charge in [0.25, 0.3) is 0 Å². The van der Waals surface area contributed by atoms with E-state index in [2.05, 4.69) is 10.4 Å². The van der Waals surface area contributed by atoms with Crippen LogP contribution in [-0.2, 0) is 0 Å². The van der Waals surface area contributed by atoms with Crippen molar-refractivity contribution in [2.24, 2.45) is 0 Å². The van der Waals surface area contributed by atoms with Crippen molar-refractivity contribution in [1.82, 2.24) is 9.78 Å². The standard InChI is InChI=1S/C15H21FN4/c1-9(2)20-15(14(17)11(4)19-20)18-10(3)12-7-5-6-8-13(12)16/h5-10,18H,17H2,1-4H3. The lowest BCUT2D eigenvalue weighted by atomic mass is 10.1. The van der Waals surface area contributed by atoms with E-state index >= 15 is 0 Å². The molecule has 0 saturated heterocycles. The fourth-order valence-corrected chi connectivity index (χ4v) is 2.19. The van der Waals surface area contributed by atoms with Gasteiger partial charge < -0.3 is 11.1 Å². The number of nitrogens with two attached hydrogens (primary N) is 1. The maximum atomic E-state index is 13.8. The summed E-state index contributed by atoms with van der Waals surface area (Å²) in [5, 5.41) is 7.69. The smallest absolute Gasteiger partial charge is 0.148 e. The van der Waals surface area contributed by atoms with Crippen LogP contribution < -0.4 is 11.1 Å². The number of aryl methyl sites for hydroxylation is 1. The Morgan fingerprint density at radius 2 is 1.90 bits per heavy atom. The summed E-state index contributed by atoms with van der Waals surface area (Å²) in [6, 6.07) is 6.73. The van der Waals surface area contributed by atoms with Crippen LogP contribution in [0.15, 0.2) is 24.3 Å². The van der Waals surface area contributed by atoms with Crippen molar-refractivity contribution in [1.29, 1.82) is 0 Å². The molecule has 5 heteroatoms. The quantitative estimate of drug-likeness (QED) is 0.896. The topological polar surface area (TPSA) is 55.9 Å². The number of rotatable bonds is 4. The molecule has 0 fully saturated rings. The van der Waals surface area contributed by atoms with Crippen LogP contribution in [0.4, 0.5) is 15.9 Å². The molecule has 0 aliphatic rings. The lowest BCUT2D eigenvalue weighted by molar-refractivity contribution is 0.530. The number of benzene rings is 1. The Labute approximate surface area is 118 Å². The zero-order valence-electron chi connectivity index (χ0n) is 12.3. The van der Waals surface area contributed by atoms with Gasteiger partial charge in [-0.3, -0.25) is 0 Å². The van der Waals surface area contributed by atoms with E-state index in [-0.39, 0.29) is 17.9 Å². The molecule has 0 bridgehead atoms. The van der Waals surface area contributed by atoms with E-state index in [9.17, 15) is 4.39 Å². The van der Waals surface area contributed by atoms with E-state index in [4.69, 9.17) is 5.73 Å². The van der Waals surface area contributed by atoms with Gasteiger partial charge in [0.15, 0.2) is 0 Å². The average Bonchev–Trinajstić information content (AvgIpc) is 2.67. The summed E-state index contributed by atoms with van der Waals surface area (Å²) in [4.78, 5) is 0. The molecule has 0 aliphatic heterocycles. The predicted octanol–water partition coefficient (Wildman–Crippen LogP) is 3.67. The predicted molar refractivity (Wildman–Crippen MR) is 80.2 cm³/mol. The van der Waals surface area contributed by atoms with Gasteiger partial charge in [0.05, 0.1) is 17.4 Å². The fourth-order valence-electron chi connectivity index (χ4n) is 2.19. The third-order valence-corrected chi connectivity index (χ3v) is 3.35. The second-order valence-electron chi connectivity index (χ2n) is 5.27. The van der Waals surface area contributed by atoms with Crippen molar-refractivity contribution in [2.45, 2.75) is 39.8 Å². The van der Waals surface area contributed by atoms with Crippen LogP contribution >= 0.6 is 0 Å². The number of aromatic nitrogens is 2. The van der Waals surface area contributed by atoms with Gasteiger partial charge in [-0.15, -0.1) is 0 Å². The summed E-state index contributed by atoms with van der Waals surface area (Å²) in [5.74, 6) is 0.520. The van der Waals surface area contributed by atoms with E-state index in [1.54, 1.807) is 12.1 Å². The second kappa shape index (κ2) is 5.53. The van der Waals surface area contributed by atoms with Crippen LogP contribution in [-0.4, -0.2) is 9.78 Å². The van der Waals surface area contributed by atoms with Crippen molar-refractivity contribution in [3.63, 3.8) is 0 Å². The molecule has 4 nitrogen and oxygen atoms in total. The summed E-state index contributed by atoms with van der Waals surface area (Å²) in [5.41, 5.74) is 8.07. The Morgan fingerprint density at radius 3 is 2.50 bits per heavy atom. The summed E-state index contributed by atoms with van der Waals surface area (Å²) in [7, 11) is 0. The molecule has 0 spiro atoms. The van der Waals surface area contributed by atoms with E-state index in [1.807, 2.05) is 38.4 Å². The number of halogens is 1. The summed E-state index contributed by atoms with van der Waals surface area (Å²) >= 11 is 0. The van der Waals surface area contributed by atoms with Crippen molar-refractivity contribution in [3.8, 4) is 0 Å². The maximum absolute atomic E-state index is 13.8. The molecule has 1 unspecified atom stereocenters. The number of nitrogens with zero attached hydrogens (tertiary/aromatic N) is 2. The monoisotopic (exact) mass is 276 g/mol. The molecule has 1 aromatic heterocycles. The van der Waals surface area contributed by atoms with Crippen LogP contribution in [0.5, 0.6) is 0 Å². The van der Waals surface area contributed by atoms with Gasteiger partial charge in [0, 0.05) is 11.6 Å². The third kappa shape index (κ3) is 2.61. The van der Waals surface area contributed by atoms with Crippen molar-refractivity contribution in [2.75, 3.05) is 11.1 Å². The van der Waals surface area contributed by atoms with Gasteiger partial charge in [-0.1, -0.05) is 18.2 Å². The Bertz CT molecular complexity index is 604. The van der Waals surface area contributed by atoms with Crippen molar-refractivity contribution >= 4 is 11.5 Å². The first-order chi connectivity index (χ1) is 9.41. The SMILES string of the molecule is Cc1nn(C(C)C)c(NC(C)c2ccccc2F)c1N. The largest absolute Gasteiger partial charge is 0.394 e. The van der Waals surface area contributed by atoms with Gasteiger partial charge in [0.2, 0.25) is 0 Å². The average molecular weight is 276 g/mol.